The lowest BCUT2D eigenvalue weighted by molar-refractivity contribution is 0.146. The number of alkyl halides is 2. The van der Waals surface area contributed by atoms with E-state index in [4.69, 9.17) is 18.9 Å². The second-order valence-corrected chi connectivity index (χ2v) is 17.7. The number of para-hydroxylation sites is 1. The molecule has 260 valence electrons. The quantitative estimate of drug-likeness (QED) is 0.0698. The summed E-state index contributed by atoms with van der Waals surface area (Å²) in [6.45, 7) is 13.5. The maximum atomic E-state index is 15.0. The number of halogens is 4. The first kappa shape index (κ1) is 35.7. The van der Waals surface area contributed by atoms with Gasteiger partial charge in [-0.25, -0.2) is 27.5 Å². The summed E-state index contributed by atoms with van der Waals surface area (Å²) in [5.74, 6) is -0.742. The van der Waals surface area contributed by atoms with Gasteiger partial charge in [0.2, 0.25) is 0 Å². The summed E-state index contributed by atoms with van der Waals surface area (Å²) in [6.07, 6.45) is 0.596. The van der Waals surface area contributed by atoms with Crippen molar-refractivity contribution in [2.24, 2.45) is 0 Å². The topological polar surface area (TPSA) is 96.2 Å². The van der Waals surface area contributed by atoms with Crippen molar-refractivity contribution in [1.82, 2.24) is 24.7 Å². The maximum absolute atomic E-state index is 15.0. The molecular weight excluding hydrogens is 657 g/mol. The lowest BCUT2D eigenvalue weighted by Crippen LogP contribution is -2.41. The third-order valence-corrected chi connectivity index (χ3v) is 13.0. The largest absolute Gasteiger partial charge is 0.494 e. The molecule has 14 heteroatoms. The van der Waals surface area contributed by atoms with Gasteiger partial charge >= 0.3 is 0 Å². The van der Waals surface area contributed by atoms with Gasteiger partial charge in [-0.2, -0.15) is 5.10 Å². The lowest BCUT2D eigenvalue weighted by Gasteiger charge is -2.36. The monoisotopic (exact) mass is 696 g/mol. The van der Waals surface area contributed by atoms with Crippen molar-refractivity contribution >= 4 is 30.7 Å². The minimum absolute atomic E-state index is 0.0734. The van der Waals surface area contributed by atoms with Gasteiger partial charge in [-0.15, -0.1) is 0 Å². The molecule has 0 unspecified atom stereocenters. The molecule has 0 spiro atoms. The van der Waals surface area contributed by atoms with Crippen LogP contribution >= 0.6 is 0 Å². The van der Waals surface area contributed by atoms with Crippen molar-refractivity contribution in [3.8, 4) is 23.0 Å². The molecule has 0 amide bonds. The van der Waals surface area contributed by atoms with E-state index in [0.717, 1.165) is 12.1 Å². The molecule has 0 aliphatic heterocycles. The first-order valence-corrected chi connectivity index (χ1v) is 18.9. The van der Waals surface area contributed by atoms with E-state index in [9.17, 15) is 8.78 Å². The number of hydrogen-bond donors (Lipinski definition) is 1. The van der Waals surface area contributed by atoms with E-state index in [0.29, 0.717) is 41.9 Å². The van der Waals surface area contributed by atoms with Gasteiger partial charge in [0.1, 0.15) is 28.8 Å². The molecule has 0 atom stereocenters. The van der Waals surface area contributed by atoms with Crippen LogP contribution in [0.3, 0.4) is 0 Å². The minimum Gasteiger partial charge on any atom is -0.494 e. The Hall–Kier alpha value is -4.56. The Labute approximate surface area is 283 Å². The molecule has 0 fully saturated rings. The van der Waals surface area contributed by atoms with Gasteiger partial charge in [0.05, 0.1) is 31.5 Å². The van der Waals surface area contributed by atoms with Crippen molar-refractivity contribution in [2.45, 2.75) is 65.2 Å². The Morgan fingerprint density at radius 2 is 1.69 bits per heavy atom. The molecule has 3 heterocycles. The smallest absolute Gasteiger partial charge is 0.280 e. The van der Waals surface area contributed by atoms with Crippen molar-refractivity contribution < 1.29 is 31.5 Å². The number of nitrogens with zero attached hydrogens (tertiary/aromatic N) is 5. The average Bonchev–Trinajstić information content (AvgIpc) is 3.41. The van der Waals surface area contributed by atoms with E-state index in [1.807, 2.05) is 0 Å². The van der Waals surface area contributed by atoms with E-state index in [1.165, 1.54) is 29.2 Å². The first-order valence-electron chi connectivity index (χ1n) is 16.0. The van der Waals surface area contributed by atoms with Crippen LogP contribution < -0.4 is 14.8 Å². The van der Waals surface area contributed by atoms with Gasteiger partial charge in [-0.1, -0.05) is 39.0 Å². The molecule has 1 N–H and O–H groups in total. The highest BCUT2D eigenvalue weighted by molar-refractivity contribution is 6.74. The van der Waals surface area contributed by atoms with E-state index in [2.05, 4.69) is 54.2 Å². The van der Waals surface area contributed by atoms with Gasteiger partial charge in [0.15, 0.2) is 25.7 Å². The fourth-order valence-electron chi connectivity index (χ4n) is 4.79. The lowest BCUT2D eigenvalue weighted by atomic mass is 10.1. The minimum atomic E-state index is -2.76. The molecule has 9 nitrogen and oxygen atoms in total. The molecule has 0 saturated heterocycles. The van der Waals surface area contributed by atoms with Crippen LogP contribution in [0.2, 0.25) is 18.1 Å². The summed E-state index contributed by atoms with van der Waals surface area (Å²) in [4.78, 5) is 13.0. The molecule has 5 aromatic rings. The van der Waals surface area contributed by atoms with E-state index >= 15 is 8.78 Å². The molecule has 5 rings (SSSR count). The Balaban J connectivity index is 1.46. The van der Waals surface area contributed by atoms with Crippen molar-refractivity contribution in [2.75, 3.05) is 25.1 Å². The highest BCUT2D eigenvalue weighted by Gasteiger charge is 2.36. The summed E-state index contributed by atoms with van der Waals surface area (Å²) in [5.41, 5.74) is 0.685. The Morgan fingerprint density at radius 3 is 2.39 bits per heavy atom. The average molecular weight is 697 g/mol. The van der Waals surface area contributed by atoms with Crippen LogP contribution in [0, 0.1) is 11.6 Å². The molecule has 0 saturated carbocycles. The van der Waals surface area contributed by atoms with Crippen LogP contribution in [0.25, 0.3) is 22.4 Å². The fourth-order valence-corrected chi connectivity index (χ4v) is 5.88. The molecular formula is C35H40F4N6O3Si. The van der Waals surface area contributed by atoms with Crippen molar-refractivity contribution in [1.29, 1.82) is 0 Å². The first-order chi connectivity index (χ1) is 23.3. The molecule has 0 bridgehead atoms. The highest BCUT2D eigenvalue weighted by atomic mass is 28.4. The Bertz CT molecular complexity index is 1890. The zero-order valence-corrected chi connectivity index (χ0v) is 29.4. The summed E-state index contributed by atoms with van der Waals surface area (Å²) in [7, 11) is -1.93. The summed E-state index contributed by atoms with van der Waals surface area (Å²) >= 11 is 0. The second-order valence-electron chi connectivity index (χ2n) is 12.9. The number of pyridine rings is 1. The van der Waals surface area contributed by atoms with Crippen molar-refractivity contribution in [3.63, 3.8) is 0 Å². The molecule has 49 heavy (non-hydrogen) atoms. The van der Waals surface area contributed by atoms with Crippen LogP contribution in [0.1, 0.15) is 51.8 Å². The molecule has 0 radical (unpaired) electrons. The number of rotatable bonds is 14. The molecule has 3 aromatic heterocycles. The van der Waals surface area contributed by atoms with Crippen LogP contribution in [0.15, 0.2) is 60.9 Å². The zero-order valence-electron chi connectivity index (χ0n) is 28.4. The Kier molecular flexibility index (Phi) is 10.9. The third kappa shape index (κ3) is 8.36. The summed E-state index contributed by atoms with van der Waals surface area (Å²) in [5, 5.41) is 8.46. The summed E-state index contributed by atoms with van der Waals surface area (Å²) < 4.78 is 76.0. The van der Waals surface area contributed by atoms with Gasteiger partial charge < -0.3 is 19.2 Å². The SMILES string of the molecule is CCOc1cc(F)c(Cn2nc(-c3ncc(OCCCO[Si](C)(C)C(C)(C)C)c(Nc4ccnc(C(F)F)c4)n3)c3ccccc32)c(F)c1. The predicted octanol–water partition coefficient (Wildman–Crippen LogP) is 9.09. The molecule has 0 aliphatic rings. The number of fused-ring (bicyclic) bond motifs is 1. The predicted molar refractivity (Wildman–Crippen MR) is 183 cm³/mol. The fraction of sp³-hybridized carbons (Fsp3) is 0.371. The van der Waals surface area contributed by atoms with Gasteiger partial charge in [0, 0.05) is 48.0 Å². The number of aromatic nitrogens is 5. The van der Waals surface area contributed by atoms with Gasteiger partial charge in [-0.05, 0) is 43.3 Å². The second kappa shape index (κ2) is 14.9. The number of ether oxygens (including phenoxy) is 2. The van der Waals surface area contributed by atoms with Crippen LogP contribution in [0.5, 0.6) is 11.5 Å². The maximum Gasteiger partial charge on any atom is 0.280 e. The number of nitrogens with one attached hydrogen (secondary N) is 1. The van der Waals surface area contributed by atoms with Gasteiger partial charge in [-0.3, -0.25) is 9.67 Å². The van der Waals surface area contributed by atoms with E-state index < -0.39 is 32.1 Å². The van der Waals surface area contributed by atoms with Crippen LogP contribution in [0.4, 0.5) is 29.1 Å². The van der Waals surface area contributed by atoms with Gasteiger partial charge in [0.25, 0.3) is 6.43 Å². The molecule has 0 aliphatic carbocycles. The van der Waals surface area contributed by atoms with E-state index in [1.54, 1.807) is 31.2 Å². The molecule has 2 aromatic carbocycles. The highest BCUT2D eigenvalue weighted by Crippen LogP contribution is 2.37. The number of hydrogen-bond acceptors (Lipinski definition) is 8. The standard InChI is InChI=1S/C35H40F4N6O3Si/c1-7-46-23-18-26(36)25(27(37)19-23)21-45-29-12-9-8-11-24(29)31(44-45)34-41-20-30(47-15-10-16-48-49(5,6)35(2,3)4)33(43-34)42-22-13-14-40-28(17-22)32(38)39/h8-9,11-14,17-20,32H,7,10,15-16,21H2,1-6H3,(H,40,41,42,43). The van der Waals surface area contributed by atoms with E-state index in [-0.39, 0.29) is 46.9 Å². The summed E-state index contributed by atoms with van der Waals surface area (Å²) in [6, 6.07) is 12.2. The number of benzene rings is 2. The zero-order chi connectivity index (χ0) is 35.3. The normalized spacial score (nSPS) is 12.1. The van der Waals surface area contributed by atoms with Crippen LogP contribution in [-0.2, 0) is 11.0 Å². The third-order valence-electron chi connectivity index (χ3n) is 8.44. The van der Waals surface area contributed by atoms with Crippen LogP contribution in [-0.4, -0.2) is 52.9 Å². The van der Waals surface area contributed by atoms with Crippen molar-refractivity contribution in [3.05, 3.63) is 83.8 Å². The Morgan fingerprint density at radius 1 is 0.959 bits per heavy atom. The number of anilines is 2.